The Morgan fingerprint density at radius 1 is 1.45 bits per heavy atom. The molecular weight excluding hydrogens is 260 g/mol. The molecule has 1 saturated heterocycles. The highest BCUT2D eigenvalue weighted by Gasteiger charge is 2.58. The van der Waals surface area contributed by atoms with Gasteiger partial charge in [-0.05, 0) is 24.7 Å². The number of carboxylic acid groups (broad SMARTS) is 1. The standard InChI is InChI=1S/C13H18N4O3/c1-16-5-2-10(15-16)14-11(18)9-8-13(9)3-6-17(7-4-13)12(19)20/h2,5,9H,3-4,6-8H2,1H3,(H,19,20)(H,14,15,18)/t9-/m1/s1. The average Bonchev–Trinajstić information content (AvgIpc) is 2.95. The highest BCUT2D eigenvalue weighted by molar-refractivity contribution is 5.94. The first-order valence-electron chi connectivity index (χ1n) is 6.79. The Kier molecular flexibility index (Phi) is 2.92. The molecule has 0 unspecified atom stereocenters. The van der Waals surface area contributed by atoms with Crippen LogP contribution in [0.15, 0.2) is 12.3 Å². The maximum Gasteiger partial charge on any atom is 0.407 e. The first-order valence-corrected chi connectivity index (χ1v) is 6.79. The summed E-state index contributed by atoms with van der Waals surface area (Å²) in [5, 5.41) is 15.9. The molecule has 3 rings (SSSR count). The molecule has 0 radical (unpaired) electrons. The first-order chi connectivity index (χ1) is 9.50. The minimum absolute atomic E-state index is 0.000418. The Balaban J connectivity index is 1.56. The number of nitrogens with one attached hydrogen (secondary N) is 1. The molecule has 2 N–H and O–H groups in total. The predicted octanol–water partition coefficient (Wildman–Crippen LogP) is 1.14. The molecule has 2 amide bonds. The Bertz CT molecular complexity index is 546. The van der Waals surface area contributed by atoms with Gasteiger partial charge in [-0.1, -0.05) is 0 Å². The molecule has 1 atom stereocenters. The summed E-state index contributed by atoms with van der Waals surface area (Å²) in [6, 6.07) is 1.76. The van der Waals surface area contributed by atoms with Crippen molar-refractivity contribution in [1.29, 1.82) is 0 Å². The molecule has 20 heavy (non-hydrogen) atoms. The van der Waals surface area contributed by atoms with Crippen molar-refractivity contribution < 1.29 is 14.7 Å². The third-order valence-corrected chi connectivity index (χ3v) is 4.50. The molecule has 7 heteroatoms. The number of hydrogen-bond acceptors (Lipinski definition) is 3. The lowest BCUT2D eigenvalue weighted by Gasteiger charge is -2.30. The van der Waals surface area contributed by atoms with Crippen molar-refractivity contribution in [3.63, 3.8) is 0 Å². The van der Waals surface area contributed by atoms with Crippen LogP contribution in [0.4, 0.5) is 10.6 Å². The lowest BCUT2D eigenvalue weighted by atomic mass is 9.91. The van der Waals surface area contributed by atoms with Gasteiger partial charge in [0.2, 0.25) is 5.91 Å². The summed E-state index contributed by atoms with van der Waals surface area (Å²) < 4.78 is 1.64. The molecule has 0 aromatic carbocycles. The Labute approximate surface area is 116 Å². The number of amides is 2. The van der Waals surface area contributed by atoms with E-state index in [-0.39, 0.29) is 17.2 Å². The number of anilines is 1. The number of nitrogens with zero attached hydrogens (tertiary/aromatic N) is 3. The fourth-order valence-corrected chi connectivity index (χ4v) is 3.11. The van der Waals surface area contributed by atoms with E-state index < -0.39 is 6.09 Å². The van der Waals surface area contributed by atoms with Crippen LogP contribution in [0, 0.1) is 11.3 Å². The van der Waals surface area contributed by atoms with E-state index >= 15 is 0 Å². The Morgan fingerprint density at radius 2 is 2.15 bits per heavy atom. The van der Waals surface area contributed by atoms with Gasteiger partial charge < -0.3 is 15.3 Å². The maximum absolute atomic E-state index is 12.2. The molecular formula is C13H18N4O3. The van der Waals surface area contributed by atoms with Crippen molar-refractivity contribution in [2.75, 3.05) is 18.4 Å². The van der Waals surface area contributed by atoms with Gasteiger partial charge in [-0.25, -0.2) is 4.79 Å². The van der Waals surface area contributed by atoms with Gasteiger partial charge in [0.25, 0.3) is 0 Å². The van der Waals surface area contributed by atoms with Gasteiger partial charge >= 0.3 is 6.09 Å². The van der Waals surface area contributed by atoms with Crippen LogP contribution in [-0.4, -0.2) is 44.9 Å². The van der Waals surface area contributed by atoms with Crippen LogP contribution in [0.3, 0.4) is 0 Å². The second-order valence-electron chi connectivity index (χ2n) is 5.75. The number of carbonyl (C=O) groups excluding carboxylic acids is 1. The molecule has 1 saturated carbocycles. The number of aryl methyl sites for hydroxylation is 1. The van der Waals surface area contributed by atoms with E-state index in [1.807, 2.05) is 0 Å². The average molecular weight is 278 g/mol. The van der Waals surface area contributed by atoms with Gasteiger partial charge in [0.1, 0.15) is 0 Å². The summed E-state index contributed by atoms with van der Waals surface area (Å²) in [6.45, 7) is 1.06. The number of piperidine rings is 1. The quantitative estimate of drug-likeness (QED) is 0.849. The molecule has 1 aromatic heterocycles. The zero-order chi connectivity index (χ0) is 14.3. The zero-order valence-electron chi connectivity index (χ0n) is 11.4. The Hall–Kier alpha value is -2.05. The molecule has 2 aliphatic rings. The van der Waals surface area contributed by atoms with Crippen molar-refractivity contribution in [3.8, 4) is 0 Å². The summed E-state index contributed by atoms with van der Waals surface area (Å²) in [5.41, 5.74) is 0.0187. The normalized spacial score (nSPS) is 23.6. The molecule has 1 aliphatic heterocycles. The smallest absolute Gasteiger partial charge is 0.407 e. The molecule has 108 valence electrons. The van der Waals surface area contributed by atoms with Gasteiger partial charge in [-0.15, -0.1) is 0 Å². The van der Waals surface area contributed by atoms with E-state index in [4.69, 9.17) is 5.11 Å². The fraction of sp³-hybridized carbons (Fsp3) is 0.615. The summed E-state index contributed by atoms with van der Waals surface area (Å²) in [6.07, 6.45) is 3.33. The largest absolute Gasteiger partial charge is 0.465 e. The molecule has 2 heterocycles. The van der Waals surface area contributed by atoms with E-state index in [9.17, 15) is 9.59 Å². The lowest BCUT2D eigenvalue weighted by Crippen LogP contribution is -2.39. The number of carbonyl (C=O) groups is 2. The van der Waals surface area contributed by atoms with Crippen LogP contribution in [0.2, 0.25) is 0 Å². The monoisotopic (exact) mass is 278 g/mol. The van der Waals surface area contributed by atoms with E-state index in [1.54, 1.807) is 24.0 Å². The van der Waals surface area contributed by atoms with Crippen molar-refractivity contribution in [2.24, 2.45) is 18.4 Å². The second kappa shape index (κ2) is 4.50. The van der Waals surface area contributed by atoms with Crippen LogP contribution in [-0.2, 0) is 11.8 Å². The molecule has 1 aromatic rings. The minimum Gasteiger partial charge on any atom is -0.465 e. The van der Waals surface area contributed by atoms with Crippen LogP contribution in [0.5, 0.6) is 0 Å². The third kappa shape index (κ3) is 2.23. The van der Waals surface area contributed by atoms with Crippen LogP contribution in [0.25, 0.3) is 0 Å². The van der Waals surface area contributed by atoms with Crippen molar-refractivity contribution in [1.82, 2.24) is 14.7 Å². The molecule has 0 bridgehead atoms. The van der Waals surface area contributed by atoms with Crippen LogP contribution < -0.4 is 5.32 Å². The summed E-state index contributed by atoms with van der Waals surface area (Å²) in [4.78, 5) is 24.5. The number of likely N-dealkylation sites (tertiary alicyclic amines) is 1. The van der Waals surface area contributed by atoms with E-state index in [1.165, 1.54) is 4.90 Å². The summed E-state index contributed by atoms with van der Waals surface area (Å²) in [5.74, 6) is 0.579. The zero-order valence-corrected chi connectivity index (χ0v) is 11.4. The number of aromatic nitrogens is 2. The summed E-state index contributed by atoms with van der Waals surface area (Å²) >= 11 is 0. The fourth-order valence-electron chi connectivity index (χ4n) is 3.11. The molecule has 1 spiro atoms. The number of hydrogen-bond donors (Lipinski definition) is 2. The van der Waals surface area contributed by atoms with Gasteiger partial charge in [0, 0.05) is 38.3 Å². The van der Waals surface area contributed by atoms with E-state index in [0.717, 1.165) is 19.3 Å². The van der Waals surface area contributed by atoms with Gasteiger partial charge in [0.05, 0.1) is 0 Å². The minimum atomic E-state index is -0.866. The van der Waals surface area contributed by atoms with Gasteiger partial charge in [0.15, 0.2) is 5.82 Å². The summed E-state index contributed by atoms with van der Waals surface area (Å²) in [7, 11) is 1.80. The highest BCUT2D eigenvalue weighted by atomic mass is 16.4. The first kappa shape index (κ1) is 13.0. The molecule has 1 aliphatic carbocycles. The van der Waals surface area contributed by atoms with Gasteiger partial charge in [-0.2, -0.15) is 5.10 Å². The molecule has 2 fully saturated rings. The topological polar surface area (TPSA) is 87.5 Å². The van der Waals surface area contributed by atoms with Gasteiger partial charge in [-0.3, -0.25) is 9.48 Å². The molecule has 7 nitrogen and oxygen atoms in total. The van der Waals surface area contributed by atoms with Crippen molar-refractivity contribution >= 4 is 17.8 Å². The Morgan fingerprint density at radius 3 is 2.70 bits per heavy atom. The lowest BCUT2D eigenvalue weighted by molar-refractivity contribution is -0.118. The van der Waals surface area contributed by atoms with E-state index in [2.05, 4.69) is 10.4 Å². The SMILES string of the molecule is Cn1ccc(NC(=O)[C@H]2CC23CCN(C(=O)O)CC3)n1. The second-order valence-corrected chi connectivity index (χ2v) is 5.75. The van der Waals surface area contributed by atoms with Crippen molar-refractivity contribution in [3.05, 3.63) is 12.3 Å². The maximum atomic E-state index is 12.2. The van der Waals surface area contributed by atoms with Crippen LogP contribution in [0.1, 0.15) is 19.3 Å². The van der Waals surface area contributed by atoms with E-state index in [0.29, 0.717) is 18.9 Å². The predicted molar refractivity (Wildman–Crippen MR) is 71.2 cm³/mol. The van der Waals surface area contributed by atoms with Crippen molar-refractivity contribution in [2.45, 2.75) is 19.3 Å². The third-order valence-electron chi connectivity index (χ3n) is 4.50. The van der Waals surface area contributed by atoms with Crippen LogP contribution >= 0.6 is 0 Å². The number of rotatable bonds is 2. The highest BCUT2D eigenvalue weighted by Crippen LogP contribution is 2.59.